The van der Waals surface area contributed by atoms with Gasteiger partial charge in [0.1, 0.15) is 5.82 Å². The Hall–Kier alpha value is -1.40. The van der Waals surface area contributed by atoms with Gasteiger partial charge in [-0.3, -0.25) is 4.79 Å². The number of nitrogens with one attached hydrogen (secondary N) is 2. The molecule has 0 unspecified atom stereocenters. The summed E-state index contributed by atoms with van der Waals surface area (Å²) in [4.78, 5) is 12.1. The third-order valence-corrected chi connectivity index (χ3v) is 3.96. The average molecular weight is 343 g/mol. The predicted molar refractivity (Wildman–Crippen MR) is 80.0 cm³/mol. The van der Waals surface area contributed by atoms with Gasteiger partial charge in [0.05, 0.1) is 16.7 Å². The molecule has 6 heteroatoms. The van der Waals surface area contributed by atoms with Crippen molar-refractivity contribution in [2.24, 2.45) is 0 Å². The molecule has 3 nitrogen and oxygen atoms in total. The van der Waals surface area contributed by atoms with Gasteiger partial charge < -0.3 is 10.6 Å². The lowest BCUT2D eigenvalue weighted by Gasteiger charge is -2.08. The summed E-state index contributed by atoms with van der Waals surface area (Å²) in [5.41, 5.74) is 1.63. The van der Waals surface area contributed by atoms with E-state index in [1.807, 2.05) is 11.4 Å². The van der Waals surface area contributed by atoms with Crippen LogP contribution >= 0.6 is 27.3 Å². The number of carbonyl (C=O) groups excluding carboxylic acids is 1. The first-order valence-corrected chi connectivity index (χ1v) is 7.26. The van der Waals surface area contributed by atoms with Crippen molar-refractivity contribution in [3.05, 3.63) is 44.8 Å². The molecular weight excluding hydrogens is 331 g/mol. The summed E-state index contributed by atoms with van der Waals surface area (Å²) in [5, 5.41) is 7.88. The molecule has 2 rings (SSSR count). The van der Waals surface area contributed by atoms with Gasteiger partial charge >= 0.3 is 0 Å². The van der Waals surface area contributed by atoms with Crippen LogP contribution in [-0.2, 0) is 11.3 Å². The number of anilines is 2. The molecular formula is C13H12BrFN2OS. The van der Waals surface area contributed by atoms with E-state index in [1.165, 1.54) is 13.0 Å². The number of halogens is 2. The standard InChI is InChI=1S/C13H12BrFN2OS/c1-8(18)17-12-4-5-19-13(12)7-16-9-2-3-11(15)10(14)6-9/h2-6,16H,7H2,1H3,(H,17,18). The SMILES string of the molecule is CC(=O)Nc1ccsc1CNc1ccc(F)c(Br)c1. The highest BCUT2D eigenvalue weighted by Gasteiger charge is 2.06. The van der Waals surface area contributed by atoms with Crippen molar-refractivity contribution < 1.29 is 9.18 Å². The smallest absolute Gasteiger partial charge is 0.221 e. The lowest BCUT2D eigenvalue weighted by atomic mass is 10.3. The Kier molecular flexibility index (Phi) is 4.55. The summed E-state index contributed by atoms with van der Waals surface area (Å²) in [6, 6.07) is 6.62. The van der Waals surface area contributed by atoms with Crippen LogP contribution in [0.3, 0.4) is 0 Å². The minimum atomic E-state index is -0.291. The molecule has 2 aromatic rings. The zero-order chi connectivity index (χ0) is 13.8. The number of amides is 1. The number of rotatable bonds is 4. The first-order chi connectivity index (χ1) is 9.06. The molecule has 2 N–H and O–H groups in total. The Morgan fingerprint density at radius 2 is 2.21 bits per heavy atom. The van der Waals surface area contributed by atoms with Crippen LogP contribution in [0.15, 0.2) is 34.1 Å². The van der Waals surface area contributed by atoms with Gasteiger partial charge in [0.15, 0.2) is 0 Å². The molecule has 1 amide bonds. The van der Waals surface area contributed by atoms with E-state index in [9.17, 15) is 9.18 Å². The average Bonchev–Trinajstić information content (AvgIpc) is 2.77. The molecule has 100 valence electrons. The van der Waals surface area contributed by atoms with Gasteiger partial charge in [-0.1, -0.05) is 0 Å². The van der Waals surface area contributed by atoms with E-state index < -0.39 is 0 Å². The summed E-state index contributed by atoms with van der Waals surface area (Å²) in [6.07, 6.45) is 0. The molecule has 0 radical (unpaired) electrons. The third kappa shape index (κ3) is 3.78. The van der Waals surface area contributed by atoms with E-state index in [0.717, 1.165) is 16.3 Å². The third-order valence-electron chi connectivity index (χ3n) is 2.43. The molecule has 0 saturated carbocycles. The van der Waals surface area contributed by atoms with E-state index >= 15 is 0 Å². The monoisotopic (exact) mass is 342 g/mol. The second-order valence-corrected chi connectivity index (χ2v) is 5.78. The van der Waals surface area contributed by atoms with Crippen molar-refractivity contribution in [2.75, 3.05) is 10.6 Å². The molecule has 0 atom stereocenters. The van der Waals surface area contributed by atoms with Crippen molar-refractivity contribution in [2.45, 2.75) is 13.5 Å². The van der Waals surface area contributed by atoms with Gasteiger partial charge in [0, 0.05) is 17.5 Å². The van der Waals surface area contributed by atoms with Crippen LogP contribution in [-0.4, -0.2) is 5.91 Å². The van der Waals surface area contributed by atoms with Gasteiger partial charge in [0.2, 0.25) is 5.91 Å². The van der Waals surface area contributed by atoms with Crippen molar-refractivity contribution in [1.29, 1.82) is 0 Å². The number of hydrogen-bond donors (Lipinski definition) is 2. The zero-order valence-corrected chi connectivity index (χ0v) is 12.6. The summed E-state index contributed by atoms with van der Waals surface area (Å²) in [7, 11) is 0. The first kappa shape index (κ1) is 14.0. The van der Waals surface area contributed by atoms with Crippen molar-refractivity contribution in [1.82, 2.24) is 0 Å². The summed E-state index contributed by atoms with van der Waals surface area (Å²) in [5.74, 6) is -0.384. The fourth-order valence-electron chi connectivity index (χ4n) is 1.57. The Balaban J connectivity index is 2.04. The quantitative estimate of drug-likeness (QED) is 0.873. The Bertz CT molecular complexity index is 600. The molecule has 0 aliphatic carbocycles. The van der Waals surface area contributed by atoms with Gasteiger partial charge in [0.25, 0.3) is 0 Å². The van der Waals surface area contributed by atoms with Gasteiger partial charge in [-0.2, -0.15) is 0 Å². The van der Waals surface area contributed by atoms with E-state index in [-0.39, 0.29) is 11.7 Å². The van der Waals surface area contributed by atoms with Crippen molar-refractivity contribution >= 4 is 44.5 Å². The highest BCUT2D eigenvalue weighted by atomic mass is 79.9. The van der Waals surface area contributed by atoms with Gasteiger partial charge in [-0.25, -0.2) is 4.39 Å². The molecule has 19 heavy (non-hydrogen) atoms. The number of benzene rings is 1. The van der Waals surface area contributed by atoms with Gasteiger partial charge in [-0.05, 0) is 45.6 Å². The minimum absolute atomic E-state index is 0.0934. The van der Waals surface area contributed by atoms with E-state index in [0.29, 0.717) is 11.0 Å². The molecule has 0 bridgehead atoms. The predicted octanol–water partition coefficient (Wildman–Crippen LogP) is 4.22. The maximum absolute atomic E-state index is 13.1. The number of thiophene rings is 1. The van der Waals surface area contributed by atoms with Crippen LogP contribution in [0.5, 0.6) is 0 Å². The second-order valence-electron chi connectivity index (χ2n) is 3.92. The van der Waals surface area contributed by atoms with Crippen molar-refractivity contribution in [3.8, 4) is 0 Å². The fraction of sp³-hybridized carbons (Fsp3) is 0.154. The lowest BCUT2D eigenvalue weighted by molar-refractivity contribution is -0.114. The second kappa shape index (κ2) is 6.16. The largest absolute Gasteiger partial charge is 0.380 e. The minimum Gasteiger partial charge on any atom is -0.380 e. The molecule has 0 saturated heterocycles. The summed E-state index contributed by atoms with van der Waals surface area (Å²) in [6.45, 7) is 2.05. The van der Waals surface area contributed by atoms with Gasteiger partial charge in [-0.15, -0.1) is 11.3 Å². The van der Waals surface area contributed by atoms with Crippen LogP contribution in [0.4, 0.5) is 15.8 Å². The Morgan fingerprint density at radius 3 is 2.89 bits per heavy atom. The van der Waals surface area contributed by atoms with E-state index in [1.54, 1.807) is 23.5 Å². The Morgan fingerprint density at radius 1 is 1.42 bits per heavy atom. The Labute approximate surface area is 123 Å². The summed E-state index contributed by atoms with van der Waals surface area (Å²) < 4.78 is 13.5. The zero-order valence-electron chi connectivity index (χ0n) is 10.2. The fourth-order valence-corrected chi connectivity index (χ4v) is 2.72. The highest BCUT2D eigenvalue weighted by molar-refractivity contribution is 9.10. The molecule has 1 aromatic carbocycles. The van der Waals surface area contributed by atoms with E-state index in [2.05, 4.69) is 26.6 Å². The molecule has 0 fully saturated rings. The number of hydrogen-bond acceptors (Lipinski definition) is 3. The molecule has 0 aliphatic heterocycles. The topological polar surface area (TPSA) is 41.1 Å². The molecule has 0 aliphatic rings. The van der Waals surface area contributed by atoms with Crippen LogP contribution in [0.1, 0.15) is 11.8 Å². The highest BCUT2D eigenvalue weighted by Crippen LogP contribution is 2.25. The van der Waals surface area contributed by atoms with Crippen LogP contribution in [0.25, 0.3) is 0 Å². The van der Waals surface area contributed by atoms with Crippen LogP contribution in [0.2, 0.25) is 0 Å². The maximum Gasteiger partial charge on any atom is 0.221 e. The number of carbonyl (C=O) groups is 1. The molecule has 0 spiro atoms. The van der Waals surface area contributed by atoms with E-state index in [4.69, 9.17) is 0 Å². The molecule has 1 heterocycles. The normalized spacial score (nSPS) is 10.3. The maximum atomic E-state index is 13.1. The lowest BCUT2D eigenvalue weighted by Crippen LogP contribution is -2.08. The van der Waals surface area contributed by atoms with Crippen LogP contribution in [0, 0.1) is 5.82 Å². The molecule has 1 aromatic heterocycles. The first-order valence-electron chi connectivity index (χ1n) is 5.59. The summed E-state index contributed by atoms with van der Waals surface area (Å²) >= 11 is 4.70. The van der Waals surface area contributed by atoms with Crippen LogP contribution < -0.4 is 10.6 Å². The van der Waals surface area contributed by atoms with Crippen molar-refractivity contribution in [3.63, 3.8) is 0 Å².